The molecule has 0 saturated heterocycles. The van der Waals surface area contributed by atoms with Crippen molar-refractivity contribution in [2.45, 2.75) is 25.0 Å². The third-order valence-corrected chi connectivity index (χ3v) is 3.98. The molecule has 3 rings (SSSR count). The van der Waals surface area contributed by atoms with Crippen LogP contribution in [0.15, 0.2) is 24.3 Å². The van der Waals surface area contributed by atoms with E-state index in [2.05, 4.69) is 5.32 Å². The zero-order valence-electron chi connectivity index (χ0n) is 12.2. The maximum atomic E-state index is 12.2. The number of ether oxygens (including phenoxy) is 1. The first-order valence-electron chi connectivity index (χ1n) is 7.11. The van der Waals surface area contributed by atoms with Crippen LogP contribution in [-0.4, -0.2) is 48.7 Å². The van der Waals surface area contributed by atoms with Crippen LogP contribution in [0.4, 0.5) is 5.69 Å². The van der Waals surface area contributed by atoms with Crippen LogP contribution < -0.4 is 15.0 Å². The number of fused-ring (bicyclic) bond motifs is 1. The van der Waals surface area contributed by atoms with Crippen molar-refractivity contribution in [2.24, 2.45) is 0 Å². The lowest BCUT2D eigenvalue weighted by atomic mass is 10.2. The number of nitrogens with zero attached hydrogens (tertiary/aromatic N) is 2. The molecule has 6 heteroatoms. The maximum Gasteiger partial charge on any atom is 0.265 e. The van der Waals surface area contributed by atoms with Gasteiger partial charge in [0.25, 0.3) is 5.91 Å². The first-order chi connectivity index (χ1) is 10.1. The van der Waals surface area contributed by atoms with Crippen LogP contribution >= 0.6 is 12.2 Å². The second-order valence-corrected chi connectivity index (χ2v) is 6.03. The molecule has 1 aliphatic carbocycles. The lowest BCUT2D eigenvalue weighted by Gasteiger charge is -2.36. The number of thiocarbonyl (C=S) groups is 1. The molecule has 21 heavy (non-hydrogen) atoms. The molecule has 1 N–H and O–H groups in total. The van der Waals surface area contributed by atoms with E-state index in [4.69, 9.17) is 17.0 Å². The number of hydrogen-bond donors (Lipinski definition) is 1. The van der Waals surface area contributed by atoms with Gasteiger partial charge < -0.3 is 19.9 Å². The quantitative estimate of drug-likeness (QED) is 0.836. The zero-order valence-corrected chi connectivity index (χ0v) is 13.0. The van der Waals surface area contributed by atoms with Gasteiger partial charge in [0.15, 0.2) is 11.2 Å². The predicted molar refractivity (Wildman–Crippen MR) is 85.7 cm³/mol. The Kier molecular flexibility index (Phi) is 3.71. The number of carbonyl (C=O) groups is 1. The van der Waals surface area contributed by atoms with Gasteiger partial charge in [0, 0.05) is 20.1 Å². The molecule has 1 fully saturated rings. The fourth-order valence-electron chi connectivity index (χ4n) is 2.32. The Balaban J connectivity index is 1.86. The van der Waals surface area contributed by atoms with E-state index in [1.54, 1.807) is 19.0 Å². The molecule has 5 nitrogen and oxygen atoms in total. The largest absolute Gasteiger partial charge is 0.476 e. The number of para-hydroxylation sites is 2. The Bertz CT molecular complexity index is 572. The van der Waals surface area contributed by atoms with E-state index in [1.165, 1.54) is 0 Å². The Morgan fingerprint density at radius 3 is 2.76 bits per heavy atom. The van der Waals surface area contributed by atoms with E-state index in [-0.39, 0.29) is 5.91 Å². The highest BCUT2D eigenvalue weighted by atomic mass is 32.1. The van der Waals surface area contributed by atoms with Crippen LogP contribution in [0.5, 0.6) is 5.75 Å². The molecule has 0 radical (unpaired) electrons. The smallest absolute Gasteiger partial charge is 0.265 e. The molecule has 0 bridgehead atoms. The van der Waals surface area contributed by atoms with E-state index in [9.17, 15) is 4.79 Å². The van der Waals surface area contributed by atoms with Gasteiger partial charge in [-0.2, -0.15) is 0 Å². The highest BCUT2D eigenvalue weighted by Crippen LogP contribution is 2.34. The minimum Gasteiger partial charge on any atom is -0.476 e. The summed E-state index contributed by atoms with van der Waals surface area (Å²) in [5, 5.41) is 4.00. The fraction of sp³-hybridized carbons (Fsp3) is 0.467. The summed E-state index contributed by atoms with van der Waals surface area (Å²) in [4.78, 5) is 15.7. The van der Waals surface area contributed by atoms with Crippen molar-refractivity contribution in [2.75, 3.05) is 25.5 Å². The van der Waals surface area contributed by atoms with Crippen LogP contribution in [0.25, 0.3) is 0 Å². The number of anilines is 1. The van der Waals surface area contributed by atoms with Gasteiger partial charge in [0.1, 0.15) is 5.75 Å². The lowest BCUT2D eigenvalue weighted by molar-refractivity contribution is -0.135. The van der Waals surface area contributed by atoms with Crippen LogP contribution in [0.1, 0.15) is 12.8 Å². The summed E-state index contributed by atoms with van der Waals surface area (Å²) in [5.41, 5.74) is 0.915. The van der Waals surface area contributed by atoms with Crippen molar-refractivity contribution < 1.29 is 9.53 Å². The standard InChI is InChI=1S/C15H19N3O2S/c1-17(2)14(19)13-9-18(15(21)16-10-7-8-10)11-5-3-4-6-12(11)20-13/h3-6,10,13H,7-9H2,1-2H3,(H,16,21). The molecule has 1 heterocycles. The average molecular weight is 305 g/mol. The monoisotopic (exact) mass is 305 g/mol. The van der Waals surface area contributed by atoms with Crippen LogP contribution in [0.3, 0.4) is 0 Å². The average Bonchev–Trinajstić information content (AvgIpc) is 3.29. The number of amides is 1. The highest BCUT2D eigenvalue weighted by Gasteiger charge is 2.34. The molecule has 1 aromatic rings. The molecule has 0 spiro atoms. The van der Waals surface area contributed by atoms with Gasteiger partial charge in [-0.1, -0.05) is 12.1 Å². The molecular weight excluding hydrogens is 286 g/mol. The lowest BCUT2D eigenvalue weighted by Crippen LogP contribution is -2.53. The van der Waals surface area contributed by atoms with E-state index < -0.39 is 6.10 Å². The summed E-state index contributed by atoms with van der Waals surface area (Å²) in [5.74, 6) is 0.646. The topological polar surface area (TPSA) is 44.8 Å². The van der Waals surface area contributed by atoms with E-state index in [0.717, 1.165) is 18.5 Å². The van der Waals surface area contributed by atoms with Crippen molar-refractivity contribution in [1.82, 2.24) is 10.2 Å². The Hall–Kier alpha value is -1.82. The molecule has 1 unspecified atom stereocenters. The van der Waals surface area contributed by atoms with Crippen LogP contribution in [0.2, 0.25) is 0 Å². The zero-order chi connectivity index (χ0) is 15.0. The van der Waals surface area contributed by atoms with Gasteiger partial charge in [-0.25, -0.2) is 0 Å². The summed E-state index contributed by atoms with van der Waals surface area (Å²) in [6.45, 7) is 0.437. The number of hydrogen-bond acceptors (Lipinski definition) is 3. The Labute approximate surface area is 129 Å². The summed E-state index contributed by atoms with van der Waals surface area (Å²) in [7, 11) is 3.47. The molecule has 112 valence electrons. The number of carbonyl (C=O) groups excluding carboxylic acids is 1. The molecule has 1 amide bonds. The highest BCUT2D eigenvalue weighted by molar-refractivity contribution is 7.80. The first-order valence-corrected chi connectivity index (χ1v) is 7.52. The predicted octanol–water partition coefficient (Wildman–Crippen LogP) is 1.38. The summed E-state index contributed by atoms with van der Waals surface area (Å²) in [6, 6.07) is 8.17. The molecule has 1 aromatic carbocycles. The van der Waals surface area contributed by atoms with Gasteiger partial charge in [-0.05, 0) is 37.2 Å². The van der Waals surface area contributed by atoms with Crippen LogP contribution in [-0.2, 0) is 4.79 Å². The second-order valence-electron chi connectivity index (χ2n) is 5.64. The maximum absolute atomic E-state index is 12.2. The number of rotatable bonds is 2. The minimum absolute atomic E-state index is 0.0521. The number of likely N-dealkylation sites (N-methyl/N-ethyl adjacent to an activating group) is 1. The molecule has 1 atom stereocenters. The normalized spacial score (nSPS) is 20.3. The third-order valence-electron chi connectivity index (χ3n) is 3.64. The SMILES string of the molecule is CN(C)C(=O)C1CN(C(=S)NC2CC2)c2ccccc2O1. The van der Waals surface area contributed by atoms with Crippen molar-refractivity contribution in [3.8, 4) is 5.75 Å². The summed E-state index contributed by atoms with van der Waals surface area (Å²) < 4.78 is 5.84. The van der Waals surface area contributed by atoms with E-state index >= 15 is 0 Å². The van der Waals surface area contributed by atoms with Crippen molar-refractivity contribution in [3.05, 3.63) is 24.3 Å². The van der Waals surface area contributed by atoms with Gasteiger partial charge in [0.2, 0.25) is 0 Å². The molecular formula is C15H19N3O2S. The Morgan fingerprint density at radius 1 is 1.38 bits per heavy atom. The minimum atomic E-state index is -0.533. The van der Waals surface area contributed by atoms with Gasteiger partial charge in [-0.15, -0.1) is 0 Å². The molecule has 1 aliphatic heterocycles. The van der Waals surface area contributed by atoms with Gasteiger partial charge in [-0.3, -0.25) is 4.79 Å². The van der Waals surface area contributed by atoms with E-state index in [1.807, 2.05) is 29.2 Å². The van der Waals surface area contributed by atoms with E-state index in [0.29, 0.717) is 23.4 Å². The first kappa shape index (κ1) is 14.1. The van der Waals surface area contributed by atoms with Gasteiger partial charge in [0.05, 0.1) is 12.2 Å². The molecule has 2 aliphatic rings. The summed E-state index contributed by atoms with van der Waals surface area (Å²) >= 11 is 5.51. The van der Waals surface area contributed by atoms with Crippen LogP contribution in [0, 0.1) is 0 Å². The van der Waals surface area contributed by atoms with Gasteiger partial charge >= 0.3 is 0 Å². The fourth-order valence-corrected chi connectivity index (χ4v) is 2.66. The number of benzene rings is 1. The van der Waals surface area contributed by atoms with Crippen molar-refractivity contribution >= 4 is 28.9 Å². The molecule has 1 saturated carbocycles. The second kappa shape index (κ2) is 5.52. The summed E-state index contributed by atoms with van der Waals surface area (Å²) in [6.07, 6.45) is 1.78. The number of nitrogens with one attached hydrogen (secondary N) is 1. The molecule has 0 aromatic heterocycles. The van der Waals surface area contributed by atoms with Crippen molar-refractivity contribution in [3.63, 3.8) is 0 Å². The van der Waals surface area contributed by atoms with Crippen molar-refractivity contribution in [1.29, 1.82) is 0 Å². The Morgan fingerprint density at radius 2 is 2.10 bits per heavy atom. The third kappa shape index (κ3) is 2.95.